The van der Waals surface area contributed by atoms with Gasteiger partial charge in [0.15, 0.2) is 0 Å². The lowest BCUT2D eigenvalue weighted by molar-refractivity contribution is 0.0653. The van der Waals surface area contributed by atoms with Crippen LogP contribution in [0, 0.1) is 11.8 Å². The van der Waals surface area contributed by atoms with Gasteiger partial charge in [-0.3, -0.25) is 9.69 Å². The molecule has 0 saturated carbocycles. The van der Waals surface area contributed by atoms with Gasteiger partial charge in [-0.2, -0.15) is 0 Å². The molecule has 2 fully saturated rings. The minimum absolute atomic E-state index is 0.0428. The van der Waals surface area contributed by atoms with E-state index in [0.29, 0.717) is 18.4 Å². The van der Waals surface area contributed by atoms with Crippen molar-refractivity contribution in [2.24, 2.45) is 11.8 Å². The Morgan fingerprint density at radius 1 is 1.42 bits per heavy atom. The van der Waals surface area contributed by atoms with Crippen molar-refractivity contribution in [3.8, 4) is 0 Å². The summed E-state index contributed by atoms with van der Waals surface area (Å²) < 4.78 is 16.3. The second-order valence-electron chi connectivity index (χ2n) is 6.49. The summed E-state index contributed by atoms with van der Waals surface area (Å²) >= 11 is 0. The Morgan fingerprint density at radius 3 is 3.17 bits per heavy atom. The van der Waals surface area contributed by atoms with Crippen LogP contribution in [0.1, 0.15) is 22.7 Å². The van der Waals surface area contributed by atoms with Gasteiger partial charge in [-0.1, -0.05) is 5.16 Å². The molecule has 0 aliphatic carbocycles. The number of carbonyl (C=O) groups is 1. The molecule has 4 heterocycles. The largest absolute Gasteiger partial charge is 0.468 e. The van der Waals surface area contributed by atoms with Gasteiger partial charge in [0.2, 0.25) is 5.76 Å². The molecular formula is C17H21N3O4. The average molecular weight is 331 g/mol. The molecule has 2 saturated heterocycles. The molecule has 4 rings (SSSR count). The molecule has 0 aromatic carbocycles. The lowest BCUT2D eigenvalue weighted by atomic mass is 9.84. The number of hydrogen-bond donors (Lipinski definition) is 1. The highest BCUT2D eigenvalue weighted by atomic mass is 16.5. The third-order valence-corrected chi connectivity index (χ3v) is 4.98. The van der Waals surface area contributed by atoms with Crippen LogP contribution in [-0.4, -0.2) is 48.3 Å². The molecule has 0 unspecified atom stereocenters. The van der Waals surface area contributed by atoms with Gasteiger partial charge in [-0.15, -0.1) is 0 Å². The number of nitrogens with zero attached hydrogens (tertiary/aromatic N) is 2. The van der Waals surface area contributed by atoms with Gasteiger partial charge in [0, 0.05) is 25.1 Å². The van der Waals surface area contributed by atoms with E-state index in [1.165, 1.54) is 6.20 Å². The van der Waals surface area contributed by atoms with Crippen LogP contribution in [0.15, 0.2) is 39.6 Å². The third-order valence-electron chi connectivity index (χ3n) is 4.98. The minimum Gasteiger partial charge on any atom is -0.468 e. The summed E-state index contributed by atoms with van der Waals surface area (Å²) in [6.45, 7) is 4.13. The molecule has 2 aliphatic rings. The number of aromatic nitrogens is 1. The molecule has 7 nitrogen and oxygen atoms in total. The maximum Gasteiger partial charge on any atom is 0.289 e. The first kappa shape index (κ1) is 15.4. The average Bonchev–Trinajstić information content (AvgIpc) is 3.34. The van der Waals surface area contributed by atoms with E-state index >= 15 is 0 Å². The zero-order valence-electron chi connectivity index (χ0n) is 13.4. The Hall–Kier alpha value is -2.12. The number of piperidine rings is 1. The number of likely N-dealkylation sites (tertiary alicyclic amines) is 1. The van der Waals surface area contributed by atoms with E-state index in [2.05, 4.69) is 15.4 Å². The zero-order valence-corrected chi connectivity index (χ0v) is 13.4. The first-order valence-corrected chi connectivity index (χ1v) is 8.35. The van der Waals surface area contributed by atoms with E-state index in [4.69, 9.17) is 13.7 Å². The summed E-state index contributed by atoms with van der Waals surface area (Å²) in [4.78, 5) is 14.4. The van der Waals surface area contributed by atoms with Gasteiger partial charge in [0.1, 0.15) is 5.76 Å². The van der Waals surface area contributed by atoms with Crippen LogP contribution in [0.2, 0.25) is 0 Å². The quantitative estimate of drug-likeness (QED) is 0.895. The Bertz CT molecular complexity index is 655. The van der Waals surface area contributed by atoms with E-state index in [1.54, 1.807) is 12.3 Å². The molecule has 1 amide bonds. The molecule has 2 aromatic heterocycles. The van der Waals surface area contributed by atoms with Gasteiger partial charge >= 0.3 is 0 Å². The highest BCUT2D eigenvalue weighted by Crippen LogP contribution is 2.34. The fraction of sp³-hybridized carbons (Fsp3) is 0.529. The fourth-order valence-electron chi connectivity index (χ4n) is 3.69. The number of rotatable bonds is 5. The molecule has 24 heavy (non-hydrogen) atoms. The van der Waals surface area contributed by atoms with Crippen molar-refractivity contribution in [3.05, 3.63) is 42.2 Å². The number of fused-ring (bicyclic) bond motifs is 1. The summed E-state index contributed by atoms with van der Waals surface area (Å²) in [5, 5.41) is 6.44. The summed E-state index contributed by atoms with van der Waals surface area (Å²) in [6, 6.07) is 5.48. The summed E-state index contributed by atoms with van der Waals surface area (Å²) in [7, 11) is 0. The Kier molecular flexibility index (Phi) is 4.36. The van der Waals surface area contributed by atoms with Crippen molar-refractivity contribution in [1.29, 1.82) is 0 Å². The van der Waals surface area contributed by atoms with Crippen molar-refractivity contribution in [2.45, 2.75) is 19.1 Å². The standard InChI is InChI=1S/C17H21N3O4/c21-17(15-3-5-19-24-15)18-8-16-14-10-20(6-4-12(14)11-23-16)9-13-2-1-7-22-13/h1-3,5,7,12,14,16H,4,6,8-11H2,(H,18,21)/t12-,14-,16+/m0/s1. The Labute approximate surface area is 139 Å². The lowest BCUT2D eigenvalue weighted by Gasteiger charge is -2.35. The molecule has 2 aromatic rings. The smallest absolute Gasteiger partial charge is 0.289 e. The highest BCUT2D eigenvalue weighted by Gasteiger charge is 2.41. The van der Waals surface area contributed by atoms with E-state index in [9.17, 15) is 4.79 Å². The minimum atomic E-state index is -0.247. The van der Waals surface area contributed by atoms with Crippen LogP contribution in [0.5, 0.6) is 0 Å². The van der Waals surface area contributed by atoms with Gasteiger partial charge in [0.05, 0.1) is 31.7 Å². The Balaban J connectivity index is 1.32. The molecule has 128 valence electrons. The van der Waals surface area contributed by atoms with Gasteiger partial charge in [-0.05, 0) is 31.0 Å². The van der Waals surface area contributed by atoms with Crippen LogP contribution < -0.4 is 5.32 Å². The number of hydrogen-bond acceptors (Lipinski definition) is 6. The van der Waals surface area contributed by atoms with Crippen LogP contribution in [0.4, 0.5) is 0 Å². The first-order chi connectivity index (χ1) is 11.8. The van der Waals surface area contributed by atoms with E-state index in [1.807, 2.05) is 12.1 Å². The van der Waals surface area contributed by atoms with Crippen molar-refractivity contribution in [3.63, 3.8) is 0 Å². The number of ether oxygens (including phenoxy) is 1. The molecule has 3 atom stereocenters. The molecule has 0 bridgehead atoms. The monoisotopic (exact) mass is 331 g/mol. The molecule has 7 heteroatoms. The normalized spacial score (nSPS) is 27.1. The summed E-state index contributed by atoms with van der Waals surface area (Å²) in [5.41, 5.74) is 0. The highest BCUT2D eigenvalue weighted by molar-refractivity contribution is 5.91. The molecule has 1 N–H and O–H groups in total. The van der Waals surface area contributed by atoms with Gasteiger partial charge in [0.25, 0.3) is 5.91 Å². The summed E-state index contributed by atoms with van der Waals surface area (Å²) in [6.07, 6.45) is 4.34. The maximum atomic E-state index is 12.0. The van der Waals surface area contributed by atoms with E-state index in [0.717, 1.165) is 38.4 Å². The second kappa shape index (κ2) is 6.78. The molecule has 2 aliphatic heterocycles. The van der Waals surface area contributed by atoms with Crippen molar-refractivity contribution < 1.29 is 18.5 Å². The van der Waals surface area contributed by atoms with Crippen LogP contribution in [0.3, 0.4) is 0 Å². The van der Waals surface area contributed by atoms with Crippen LogP contribution in [0.25, 0.3) is 0 Å². The fourth-order valence-corrected chi connectivity index (χ4v) is 3.69. The van der Waals surface area contributed by atoms with Crippen molar-refractivity contribution >= 4 is 5.91 Å². The Morgan fingerprint density at radius 2 is 2.38 bits per heavy atom. The SMILES string of the molecule is O=C(NC[C@H]1OC[C@@H]2CCN(Cc3ccco3)C[C@@H]21)c1ccno1. The molecule has 0 radical (unpaired) electrons. The number of carbonyl (C=O) groups excluding carboxylic acids is 1. The number of nitrogens with one attached hydrogen (secondary N) is 1. The topological polar surface area (TPSA) is 80.7 Å². The number of amides is 1. The predicted molar refractivity (Wildman–Crippen MR) is 84.2 cm³/mol. The van der Waals surface area contributed by atoms with Gasteiger partial charge < -0.3 is 19.0 Å². The van der Waals surface area contributed by atoms with Crippen LogP contribution in [-0.2, 0) is 11.3 Å². The van der Waals surface area contributed by atoms with Gasteiger partial charge in [-0.25, -0.2) is 0 Å². The maximum absolute atomic E-state index is 12.0. The van der Waals surface area contributed by atoms with E-state index < -0.39 is 0 Å². The van der Waals surface area contributed by atoms with Crippen LogP contribution >= 0.6 is 0 Å². The lowest BCUT2D eigenvalue weighted by Crippen LogP contribution is -2.45. The predicted octanol–water partition coefficient (Wildman–Crippen LogP) is 1.53. The zero-order chi connectivity index (χ0) is 16.4. The second-order valence-corrected chi connectivity index (χ2v) is 6.49. The first-order valence-electron chi connectivity index (χ1n) is 8.35. The van der Waals surface area contributed by atoms with Crippen molar-refractivity contribution in [1.82, 2.24) is 15.4 Å². The third kappa shape index (κ3) is 3.22. The molecule has 0 spiro atoms. The van der Waals surface area contributed by atoms with E-state index in [-0.39, 0.29) is 17.8 Å². The number of furan rings is 1. The molecular weight excluding hydrogens is 310 g/mol. The van der Waals surface area contributed by atoms with Crippen molar-refractivity contribution in [2.75, 3.05) is 26.2 Å². The summed E-state index contributed by atoms with van der Waals surface area (Å²) in [5.74, 6) is 1.98.